The average molecular weight is 270 g/mol. The fourth-order valence-electron chi connectivity index (χ4n) is 5.81. The van der Waals surface area contributed by atoms with Gasteiger partial charge in [0.15, 0.2) is 0 Å². The third-order valence-corrected chi connectivity index (χ3v) is 6.54. The summed E-state index contributed by atoms with van der Waals surface area (Å²) in [4.78, 5) is 2.74. The number of nitrogen functional groups attached to an aromatic ring is 1. The predicted molar refractivity (Wildman–Crippen MR) is 83.1 cm³/mol. The maximum atomic E-state index is 5.95. The molecule has 3 atom stereocenters. The molecule has 0 radical (unpaired) electrons. The molecule has 2 heteroatoms. The average Bonchev–Trinajstić information content (AvgIpc) is 2.96. The summed E-state index contributed by atoms with van der Waals surface area (Å²) in [6.45, 7) is 9.75. The highest BCUT2D eigenvalue weighted by atomic mass is 15.2. The Balaban J connectivity index is 1.67. The lowest BCUT2D eigenvalue weighted by atomic mass is 9.67. The van der Waals surface area contributed by atoms with E-state index >= 15 is 0 Å². The largest absolute Gasteiger partial charge is 0.399 e. The van der Waals surface area contributed by atoms with Crippen molar-refractivity contribution in [3.63, 3.8) is 0 Å². The topological polar surface area (TPSA) is 29.3 Å². The van der Waals surface area contributed by atoms with E-state index in [1.165, 1.54) is 30.4 Å². The van der Waals surface area contributed by atoms with E-state index in [-0.39, 0.29) is 0 Å². The van der Waals surface area contributed by atoms with Gasteiger partial charge in [-0.05, 0) is 59.3 Å². The molecule has 0 saturated heterocycles. The van der Waals surface area contributed by atoms with Crippen molar-refractivity contribution in [3.8, 4) is 0 Å². The number of benzene rings is 1. The molecule has 108 valence electrons. The lowest BCUT2D eigenvalue weighted by molar-refractivity contribution is 0.000790. The highest BCUT2D eigenvalue weighted by Gasteiger charge is 2.61. The van der Waals surface area contributed by atoms with Gasteiger partial charge in [-0.2, -0.15) is 0 Å². The summed E-state index contributed by atoms with van der Waals surface area (Å²) in [6.07, 6.45) is 4.29. The van der Waals surface area contributed by atoms with Crippen molar-refractivity contribution in [2.45, 2.75) is 59.2 Å². The Morgan fingerprint density at radius 3 is 2.60 bits per heavy atom. The van der Waals surface area contributed by atoms with Gasteiger partial charge in [0.05, 0.1) is 0 Å². The molecule has 3 aliphatic rings. The number of hydrogen-bond donors (Lipinski definition) is 1. The minimum absolute atomic E-state index is 0.459. The van der Waals surface area contributed by atoms with E-state index in [0.717, 1.165) is 30.7 Å². The first-order valence-corrected chi connectivity index (χ1v) is 8.01. The zero-order chi connectivity index (χ0) is 14.1. The van der Waals surface area contributed by atoms with Gasteiger partial charge in [0, 0.05) is 24.8 Å². The predicted octanol–water partition coefficient (Wildman–Crippen LogP) is 3.80. The van der Waals surface area contributed by atoms with Crippen molar-refractivity contribution in [1.29, 1.82) is 0 Å². The summed E-state index contributed by atoms with van der Waals surface area (Å²) in [5.41, 5.74) is 10.8. The Bertz CT molecular complexity index is 558. The van der Waals surface area contributed by atoms with Crippen LogP contribution in [-0.2, 0) is 13.1 Å². The number of rotatable bonds is 1. The summed E-state index contributed by atoms with van der Waals surface area (Å²) in [5, 5.41) is 0. The summed E-state index contributed by atoms with van der Waals surface area (Å²) in [7, 11) is 0. The molecule has 2 aliphatic carbocycles. The molecule has 2 nitrogen and oxygen atoms in total. The van der Waals surface area contributed by atoms with Gasteiger partial charge in [0.1, 0.15) is 0 Å². The van der Waals surface area contributed by atoms with E-state index in [9.17, 15) is 0 Å². The first-order valence-electron chi connectivity index (χ1n) is 8.01. The number of hydrogen-bond acceptors (Lipinski definition) is 2. The third-order valence-electron chi connectivity index (χ3n) is 6.54. The zero-order valence-corrected chi connectivity index (χ0v) is 12.9. The summed E-state index contributed by atoms with van der Waals surface area (Å²) < 4.78 is 0. The van der Waals surface area contributed by atoms with Gasteiger partial charge in [0.25, 0.3) is 0 Å². The Labute approximate surface area is 122 Å². The van der Waals surface area contributed by atoms with E-state index in [1.807, 2.05) is 0 Å². The lowest BCUT2D eigenvalue weighted by Gasteiger charge is -2.47. The van der Waals surface area contributed by atoms with Crippen LogP contribution in [0, 0.1) is 16.7 Å². The molecular formula is C18H26N2. The minimum Gasteiger partial charge on any atom is -0.399 e. The number of nitrogens with zero attached hydrogens (tertiary/aromatic N) is 1. The second-order valence-corrected chi connectivity index (χ2v) is 8.25. The van der Waals surface area contributed by atoms with Crippen LogP contribution in [-0.4, -0.2) is 10.9 Å². The van der Waals surface area contributed by atoms with Gasteiger partial charge in [-0.25, -0.2) is 0 Å². The van der Waals surface area contributed by atoms with Crippen LogP contribution < -0.4 is 5.73 Å². The van der Waals surface area contributed by atoms with Gasteiger partial charge >= 0.3 is 0 Å². The molecule has 1 aliphatic heterocycles. The second kappa shape index (κ2) is 3.79. The zero-order valence-electron chi connectivity index (χ0n) is 12.9. The quantitative estimate of drug-likeness (QED) is 0.786. The van der Waals surface area contributed by atoms with E-state index in [2.05, 4.69) is 43.9 Å². The number of nitrogens with two attached hydrogens (primary N) is 1. The lowest BCUT2D eigenvalue weighted by Crippen LogP contribution is -2.50. The number of fused-ring (bicyclic) bond motifs is 3. The molecule has 2 fully saturated rings. The van der Waals surface area contributed by atoms with Crippen molar-refractivity contribution >= 4 is 5.69 Å². The molecule has 3 unspecified atom stereocenters. The molecule has 1 heterocycles. The Hall–Kier alpha value is -1.02. The highest BCUT2D eigenvalue weighted by Crippen LogP contribution is 2.64. The van der Waals surface area contributed by atoms with E-state index < -0.39 is 0 Å². The van der Waals surface area contributed by atoms with Gasteiger partial charge in [-0.3, -0.25) is 4.90 Å². The molecule has 2 N–H and O–H groups in total. The van der Waals surface area contributed by atoms with Crippen molar-refractivity contribution in [1.82, 2.24) is 4.90 Å². The van der Waals surface area contributed by atoms with Crippen molar-refractivity contribution < 1.29 is 0 Å². The molecule has 0 amide bonds. The van der Waals surface area contributed by atoms with Gasteiger partial charge < -0.3 is 5.73 Å². The Kier molecular flexibility index (Phi) is 2.41. The molecule has 2 saturated carbocycles. The van der Waals surface area contributed by atoms with Crippen molar-refractivity contribution in [2.24, 2.45) is 16.7 Å². The van der Waals surface area contributed by atoms with Crippen LogP contribution in [0.4, 0.5) is 5.69 Å². The van der Waals surface area contributed by atoms with Crippen LogP contribution in [0.15, 0.2) is 18.2 Å². The fourth-order valence-corrected chi connectivity index (χ4v) is 5.81. The van der Waals surface area contributed by atoms with Crippen LogP contribution in [0.3, 0.4) is 0 Å². The third kappa shape index (κ3) is 1.54. The first kappa shape index (κ1) is 12.7. The maximum absolute atomic E-state index is 5.95. The molecule has 0 aromatic heterocycles. The minimum atomic E-state index is 0.459. The van der Waals surface area contributed by atoms with Gasteiger partial charge in [-0.15, -0.1) is 0 Å². The smallest absolute Gasteiger partial charge is 0.0317 e. The van der Waals surface area contributed by atoms with Crippen LogP contribution in [0.25, 0.3) is 0 Å². The Morgan fingerprint density at radius 2 is 1.90 bits per heavy atom. The SMILES string of the molecule is CC12CCC(C1)C(C)(C)C2N1Cc2ccc(N)cc2C1. The van der Waals surface area contributed by atoms with Gasteiger partial charge in [-0.1, -0.05) is 26.8 Å². The summed E-state index contributed by atoms with van der Waals surface area (Å²) in [5.74, 6) is 0.922. The van der Waals surface area contributed by atoms with E-state index in [1.54, 1.807) is 0 Å². The molecule has 2 bridgehead atoms. The van der Waals surface area contributed by atoms with Crippen LogP contribution in [0.5, 0.6) is 0 Å². The van der Waals surface area contributed by atoms with Crippen LogP contribution in [0.1, 0.15) is 51.2 Å². The van der Waals surface area contributed by atoms with E-state index in [4.69, 9.17) is 5.73 Å². The normalized spacial score (nSPS) is 38.4. The second-order valence-electron chi connectivity index (χ2n) is 8.25. The Morgan fingerprint density at radius 1 is 1.15 bits per heavy atom. The molecule has 20 heavy (non-hydrogen) atoms. The summed E-state index contributed by atoms with van der Waals surface area (Å²) >= 11 is 0. The monoisotopic (exact) mass is 270 g/mol. The summed E-state index contributed by atoms with van der Waals surface area (Å²) in [6, 6.07) is 7.18. The van der Waals surface area contributed by atoms with Crippen LogP contribution in [0.2, 0.25) is 0 Å². The molecular weight excluding hydrogens is 244 g/mol. The van der Waals surface area contributed by atoms with Crippen molar-refractivity contribution in [3.05, 3.63) is 29.3 Å². The van der Waals surface area contributed by atoms with Gasteiger partial charge in [0.2, 0.25) is 0 Å². The highest BCUT2D eigenvalue weighted by molar-refractivity contribution is 5.46. The van der Waals surface area contributed by atoms with Crippen LogP contribution >= 0.6 is 0 Å². The molecule has 0 spiro atoms. The standard InChI is InChI=1S/C18H26N2/c1-17(2)14-6-7-18(3,9-14)16(17)20-10-12-4-5-15(19)8-13(12)11-20/h4-5,8,14,16H,6-7,9-11,19H2,1-3H3. The maximum Gasteiger partial charge on any atom is 0.0317 e. The van der Waals surface area contributed by atoms with E-state index in [0.29, 0.717) is 10.8 Å². The molecule has 1 aromatic rings. The molecule has 1 aromatic carbocycles. The number of anilines is 1. The van der Waals surface area contributed by atoms with Crippen molar-refractivity contribution in [2.75, 3.05) is 5.73 Å². The first-order chi connectivity index (χ1) is 9.40. The fraction of sp³-hybridized carbons (Fsp3) is 0.667. The molecule has 4 rings (SSSR count).